The van der Waals surface area contributed by atoms with Crippen LogP contribution in [0.2, 0.25) is 0 Å². The Morgan fingerprint density at radius 2 is 1.72 bits per heavy atom. The molecule has 0 N–H and O–H groups in total. The van der Waals surface area contributed by atoms with Crippen LogP contribution in [0.3, 0.4) is 0 Å². The molecule has 2 heteroatoms. The third-order valence-corrected chi connectivity index (χ3v) is 13.9. The zero-order chi connectivity index (χ0) is 38.2. The van der Waals surface area contributed by atoms with Crippen molar-refractivity contribution < 1.29 is 9.53 Å². The van der Waals surface area contributed by atoms with Gasteiger partial charge in [-0.25, -0.2) is 0 Å². The first-order valence-corrected chi connectivity index (χ1v) is 21.3. The topological polar surface area (TPSA) is 26.3 Å². The Labute approximate surface area is 323 Å². The van der Waals surface area contributed by atoms with Gasteiger partial charge in [0.2, 0.25) is 0 Å². The van der Waals surface area contributed by atoms with E-state index in [4.69, 9.17) is 17.9 Å². The van der Waals surface area contributed by atoms with Gasteiger partial charge in [0.1, 0.15) is 11.5 Å². The Kier molecular flexibility index (Phi) is 11.9. The molecule has 0 bridgehead atoms. The number of ketones is 1. The molecule has 53 heavy (non-hydrogen) atoms. The minimum atomic E-state index is -0.237. The van der Waals surface area contributed by atoms with Crippen molar-refractivity contribution in [1.29, 1.82) is 0 Å². The molecular weight excluding hydrogens is 645 g/mol. The second-order valence-corrected chi connectivity index (χ2v) is 19.5. The van der Waals surface area contributed by atoms with E-state index in [0.717, 1.165) is 69.5 Å². The van der Waals surface area contributed by atoms with Gasteiger partial charge in [0.05, 0.1) is 6.10 Å². The van der Waals surface area contributed by atoms with Gasteiger partial charge in [-0.15, -0.1) is 0 Å². The summed E-state index contributed by atoms with van der Waals surface area (Å²) in [6, 6.07) is 11.4. The molecule has 286 valence electrons. The van der Waals surface area contributed by atoms with E-state index in [0.29, 0.717) is 23.5 Å². The first kappa shape index (κ1) is 39.6. The molecule has 0 saturated heterocycles. The summed E-state index contributed by atoms with van der Waals surface area (Å²) in [6.07, 6.45) is 19.2. The molecule has 0 radical (unpaired) electrons. The smallest absolute Gasteiger partial charge is 0.136 e. The first-order chi connectivity index (χ1) is 25.1. The number of hydrogen-bond acceptors (Lipinski definition) is 2. The number of carbonyl (C=O) groups excluding carboxylic acids is 1. The molecule has 0 spiro atoms. The van der Waals surface area contributed by atoms with Crippen molar-refractivity contribution in [2.24, 2.45) is 46.3 Å². The van der Waals surface area contributed by atoms with Crippen LogP contribution in [0.25, 0.3) is 16.3 Å². The highest BCUT2D eigenvalue weighted by molar-refractivity contribution is 5.95. The van der Waals surface area contributed by atoms with Crippen molar-refractivity contribution in [2.75, 3.05) is 0 Å². The summed E-state index contributed by atoms with van der Waals surface area (Å²) in [5, 5.41) is 2.50. The van der Waals surface area contributed by atoms with E-state index in [1.807, 2.05) is 0 Å². The predicted molar refractivity (Wildman–Crippen MR) is 227 cm³/mol. The zero-order valence-electron chi connectivity index (χ0n) is 34.7. The summed E-state index contributed by atoms with van der Waals surface area (Å²) >= 11 is 0. The molecule has 6 rings (SSSR count). The number of Topliss-reactive ketones (excluding diaryl/α,β-unsaturated/α-hetero) is 1. The van der Waals surface area contributed by atoms with Gasteiger partial charge < -0.3 is 4.74 Å². The fourth-order valence-electron chi connectivity index (χ4n) is 10.7. The number of allylic oxidation sites excluding steroid dienone is 7. The average molecular weight is 715 g/mol. The van der Waals surface area contributed by atoms with Crippen LogP contribution < -0.4 is 4.74 Å². The monoisotopic (exact) mass is 715 g/mol. The summed E-state index contributed by atoms with van der Waals surface area (Å²) in [7, 11) is 0. The highest BCUT2D eigenvalue weighted by atomic mass is 16.5. The summed E-state index contributed by atoms with van der Waals surface area (Å²) < 4.78 is 7.28. The highest BCUT2D eigenvalue weighted by Gasteiger charge is 2.56. The van der Waals surface area contributed by atoms with Gasteiger partial charge in [0, 0.05) is 10.8 Å². The number of ether oxygens (including phenoxy) is 1. The fraction of sp³-hybridized carbons (Fsp3) is 0.588. The van der Waals surface area contributed by atoms with Gasteiger partial charge in [-0.3, -0.25) is 4.79 Å². The molecule has 3 fully saturated rings. The second-order valence-electron chi connectivity index (χ2n) is 19.5. The zero-order valence-corrected chi connectivity index (χ0v) is 34.7. The Morgan fingerprint density at radius 3 is 2.34 bits per heavy atom. The molecule has 0 aromatic heterocycles. The lowest BCUT2D eigenvalue weighted by molar-refractivity contribution is -0.122. The quantitative estimate of drug-likeness (QED) is 0.162. The van der Waals surface area contributed by atoms with Gasteiger partial charge in [-0.1, -0.05) is 147 Å². The van der Waals surface area contributed by atoms with E-state index >= 15 is 0 Å². The van der Waals surface area contributed by atoms with E-state index in [1.54, 1.807) is 6.92 Å². The van der Waals surface area contributed by atoms with Gasteiger partial charge in [-0.2, -0.15) is 0 Å². The predicted octanol–water partition coefficient (Wildman–Crippen LogP) is 14.2. The molecule has 2 aromatic rings. The number of rotatable bonds is 16. The van der Waals surface area contributed by atoms with Crippen molar-refractivity contribution in [1.82, 2.24) is 0 Å². The number of benzene rings is 2. The molecule has 0 amide bonds. The second kappa shape index (κ2) is 15.9. The Hall–Kier alpha value is -3.13. The summed E-state index contributed by atoms with van der Waals surface area (Å²) in [4.78, 5) is 13.0. The lowest BCUT2D eigenvalue weighted by Crippen LogP contribution is -2.29. The molecule has 6 atom stereocenters. The summed E-state index contributed by atoms with van der Waals surface area (Å²) in [5.74, 6) is 4.02. The molecule has 0 aliphatic heterocycles. The number of fused-ring (bicyclic) bond motifs is 1. The number of aryl methyl sites for hydroxylation is 1. The van der Waals surface area contributed by atoms with Crippen molar-refractivity contribution in [3.63, 3.8) is 0 Å². The van der Waals surface area contributed by atoms with Crippen LogP contribution in [0.15, 0.2) is 84.5 Å². The lowest BCUT2D eigenvalue weighted by atomic mass is 9.67. The fourth-order valence-corrected chi connectivity index (χ4v) is 10.7. The molecular formula is C51H70O2. The van der Waals surface area contributed by atoms with Crippen LogP contribution in [0.1, 0.15) is 144 Å². The minimum absolute atomic E-state index is 0.0408. The third-order valence-electron chi connectivity index (χ3n) is 13.9. The average Bonchev–Trinajstić information content (AvgIpc) is 3.57. The van der Waals surface area contributed by atoms with Crippen molar-refractivity contribution in [3.05, 3.63) is 95.6 Å². The number of carbonyl (C=O) groups is 1. The summed E-state index contributed by atoms with van der Waals surface area (Å²) in [6.45, 7) is 32.5. The van der Waals surface area contributed by atoms with E-state index < -0.39 is 0 Å². The molecule has 4 aliphatic carbocycles. The lowest BCUT2D eigenvalue weighted by Gasteiger charge is -2.38. The third kappa shape index (κ3) is 8.73. The standard InChI is InChI=1S/C51H70O2/c1-12-40-18-15-19-44-47(40)26-42(41-21-20-39(25-41)22-32(2)3)27-49(44)53-43-28-45(34(5)30-51(37(8)52)31-35(51)6)46(29-43)36(7)48(50(9,10)11)24-33(4)23-38-16-13-14-17-38/h15,18-19,21,25-27,32,35,38,43,45-46,48H,4-5,7,12-14,16-17,20,22-24,28-31H2,1-3,6,8-11H3. The minimum Gasteiger partial charge on any atom is -0.490 e. The van der Waals surface area contributed by atoms with Crippen molar-refractivity contribution in [3.8, 4) is 5.75 Å². The first-order valence-electron chi connectivity index (χ1n) is 21.3. The largest absolute Gasteiger partial charge is 0.490 e. The normalized spacial score (nSPS) is 26.5. The molecule has 2 nitrogen and oxygen atoms in total. The van der Waals surface area contributed by atoms with Gasteiger partial charge in [0.15, 0.2) is 0 Å². The van der Waals surface area contributed by atoms with Crippen molar-refractivity contribution in [2.45, 2.75) is 145 Å². The van der Waals surface area contributed by atoms with Gasteiger partial charge >= 0.3 is 0 Å². The van der Waals surface area contributed by atoms with Gasteiger partial charge in [0.25, 0.3) is 0 Å². The molecule has 3 saturated carbocycles. The summed E-state index contributed by atoms with van der Waals surface area (Å²) in [5.41, 5.74) is 9.24. The van der Waals surface area contributed by atoms with Crippen LogP contribution in [0.4, 0.5) is 0 Å². The maximum atomic E-state index is 13.0. The van der Waals surface area contributed by atoms with Crippen LogP contribution in [-0.4, -0.2) is 11.9 Å². The van der Waals surface area contributed by atoms with E-state index in [2.05, 4.69) is 97.5 Å². The van der Waals surface area contributed by atoms with Gasteiger partial charge in [-0.05, 0) is 140 Å². The Bertz CT molecular complexity index is 1780. The van der Waals surface area contributed by atoms with E-state index in [9.17, 15) is 4.79 Å². The van der Waals surface area contributed by atoms with E-state index in [-0.39, 0.29) is 28.8 Å². The molecule has 4 aliphatic rings. The maximum Gasteiger partial charge on any atom is 0.136 e. The Balaban J connectivity index is 1.32. The van der Waals surface area contributed by atoms with Crippen LogP contribution >= 0.6 is 0 Å². The Morgan fingerprint density at radius 1 is 1.02 bits per heavy atom. The highest BCUT2D eigenvalue weighted by Crippen LogP contribution is 2.59. The van der Waals surface area contributed by atoms with Crippen LogP contribution in [0.5, 0.6) is 5.75 Å². The van der Waals surface area contributed by atoms with E-state index in [1.165, 1.54) is 75.4 Å². The molecule has 6 unspecified atom stereocenters. The molecule has 2 aromatic carbocycles. The van der Waals surface area contributed by atoms with Crippen LogP contribution in [0, 0.1) is 46.3 Å². The van der Waals surface area contributed by atoms with Crippen molar-refractivity contribution >= 4 is 22.1 Å². The maximum absolute atomic E-state index is 13.0. The molecule has 0 heterocycles. The SMILES string of the molecule is C=C(CC1CCCC1)CC(C(=C)C1CC(Oc2cc(C3=CCC(CC(C)C)=C3)cc3c(CC)cccc23)CC1C(=C)CC1(C(C)=O)CC1C)C(C)(C)C. The number of hydrogen-bond donors (Lipinski definition) is 0. The van der Waals surface area contributed by atoms with Crippen LogP contribution in [-0.2, 0) is 11.2 Å².